The number of nitrogens with zero attached hydrogens (tertiary/aromatic N) is 1. The second kappa shape index (κ2) is 6.44. The van der Waals surface area contributed by atoms with Crippen LogP contribution in [-0.4, -0.2) is 28.3 Å². The highest BCUT2D eigenvalue weighted by Crippen LogP contribution is 2.11. The molecule has 0 fully saturated rings. The van der Waals surface area contributed by atoms with Crippen molar-refractivity contribution in [1.29, 1.82) is 0 Å². The zero-order valence-corrected chi connectivity index (χ0v) is 10.7. The summed E-state index contributed by atoms with van der Waals surface area (Å²) in [4.78, 5) is 22.3. The van der Waals surface area contributed by atoms with Crippen LogP contribution in [-0.2, 0) is 11.3 Å². The minimum absolute atomic E-state index is 0.0753. The normalized spacial score (nSPS) is 11.4. The van der Waals surface area contributed by atoms with Crippen molar-refractivity contribution < 1.29 is 19.2 Å². The second-order valence-corrected chi connectivity index (χ2v) is 3.93. The van der Waals surface area contributed by atoms with E-state index in [4.69, 9.17) is 16.1 Å². The van der Waals surface area contributed by atoms with Crippen LogP contribution in [0.4, 0.5) is 4.79 Å². The van der Waals surface area contributed by atoms with E-state index >= 15 is 0 Å². The lowest BCUT2D eigenvalue weighted by atomic mass is 10.2. The maximum atomic E-state index is 11.5. The van der Waals surface area contributed by atoms with E-state index in [0.717, 1.165) is 5.56 Å². The molecule has 0 radical (unpaired) electrons. The van der Waals surface area contributed by atoms with Gasteiger partial charge in [-0.1, -0.05) is 5.16 Å². The Morgan fingerprint density at radius 1 is 1.53 bits per heavy atom. The molecule has 0 spiro atoms. The van der Waals surface area contributed by atoms with Crippen LogP contribution >= 0.6 is 0 Å². The highest BCUT2D eigenvalue weighted by atomic mass is 16.5. The fourth-order valence-electron chi connectivity index (χ4n) is 1.45. The zero-order chi connectivity index (χ0) is 14.4. The van der Waals surface area contributed by atoms with Gasteiger partial charge in [0, 0.05) is 18.5 Å². The van der Waals surface area contributed by atoms with Crippen molar-refractivity contribution in [2.24, 2.45) is 0 Å². The smallest absolute Gasteiger partial charge is 0.327 e. The van der Waals surface area contributed by atoms with E-state index < -0.39 is 18.0 Å². The first kappa shape index (κ1) is 14.6. The molecule has 1 atom stereocenters. The maximum absolute atomic E-state index is 11.5. The van der Waals surface area contributed by atoms with Gasteiger partial charge in [0.25, 0.3) is 0 Å². The lowest BCUT2D eigenvalue weighted by molar-refractivity contribution is -0.139. The molecule has 0 saturated heterocycles. The number of carboxylic acids is 1. The summed E-state index contributed by atoms with van der Waals surface area (Å²) in [6.07, 6.45) is 4.95. The van der Waals surface area contributed by atoms with E-state index in [1.54, 1.807) is 13.8 Å². The summed E-state index contributed by atoms with van der Waals surface area (Å²) in [5.74, 6) is 1.63. The molecular formula is C12H15N3O4. The average Bonchev–Trinajstić information content (AvgIpc) is 2.66. The molecular weight excluding hydrogens is 250 g/mol. The van der Waals surface area contributed by atoms with E-state index in [0.29, 0.717) is 11.5 Å². The van der Waals surface area contributed by atoms with E-state index in [9.17, 15) is 9.59 Å². The van der Waals surface area contributed by atoms with Crippen molar-refractivity contribution in [3.63, 3.8) is 0 Å². The standard InChI is InChI=1S/C12H15N3O4/c1-4-5-10(11(16)17)14-12(18)13-6-9-7(2)15-19-8(9)3/h1,10H,5-6H2,2-3H3,(H,16,17)(H2,13,14,18). The number of aliphatic carboxylic acids is 1. The van der Waals surface area contributed by atoms with Gasteiger partial charge in [-0.3, -0.25) is 0 Å². The molecule has 102 valence electrons. The Bertz CT molecular complexity index is 496. The van der Waals surface area contributed by atoms with Crippen LogP contribution in [0.25, 0.3) is 0 Å². The SMILES string of the molecule is C#CCC(NC(=O)NCc1c(C)noc1C)C(=O)O. The van der Waals surface area contributed by atoms with Gasteiger partial charge in [0.05, 0.1) is 5.69 Å². The number of carboxylic acid groups (broad SMARTS) is 1. The number of rotatable bonds is 5. The lowest BCUT2D eigenvalue weighted by Crippen LogP contribution is -2.45. The summed E-state index contributed by atoms with van der Waals surface area (Å²) >= 11 is 0. The lowest BCUT2D eigenvalue weighted by Gasteiger charge is -2.12. The number of hydrogen-bond donors (Lipinski definition) is 3. The van der Waals surface area contributed by atoms with Gasteiger partial charge in [0.2, 0.25) is 0 Å². The van der Waals surface area contributed by atoms with Crippen LogP contribution in [0.15, 0.2) is 4.52 Å². The fraction of sp³-hybridized carbons (Fsp3) is 0.417. The van der Waals surface area contributed by atoms with Crippen molar-refractivity contribution in [3.05, 3.63) is 17.0 Å². The number of aryl methyl sites for hydroxylation is 2. The summed E-state index contributed by atoms with van der Waals surface area (Å²) in [5, 5.41) is 17.4. The number of hydrogen-bond acceptors (Lipinski definition) is 4. The number of carbonyl (C=O) groups is 2. The first-order valence-electron chi connectivity index (χ1n) is 5.58. The number of urea groups is 1. The molecule has 0 aliphatic heterocycles. The Hall–Kier alpha value is -2.49. The molecule has 1 aromatic rings. The van der Waals surface area contributed by atoms with Gasteiger partial charge in [-0.05, 0) is 13.8 Å². The number of carbonyl (C=O) groups excluding carboxylic acids is 1. The molecule has 0 saturated carbocycles. The molecule has 1 heterocycles. The van der Waals surface area contributed by atoms with E-state index in [-0.39, 0.29) is 13.0 Å². The highest BCUT2D eigenvalue weighted by Gasteiger charge is 2.19. The van der Waals surface area contributed by atoms with Gasteiger partial charge < -0.3 is 20.3 Å². The summed E-state index contributed by atoms with van der Waals surface area (Å²) < 4.78 is 4.94. The molecule has 2 amide bonds. The van der Waals surface area contributed by atoms with Gasteiger partial charge in [0.15, 0.2) is 0 Å². The van der Waals surface area contributed by atoms with Gasteiger partial charge in [-0.15, -0.1) is 12.3 Å². The second-order valence-electron chi connectivity index (χ2n) is 3.93. The van der Waals surface area contributed by atoms with Crippen LogP contribution in [0.5, 0.6) is 0 Å². The first-order valence-corrected chi connectivity index (χ1v) is 5.58. The topological polar surface area (TPSA) is 104 Å². The molecule has 0 aliphatic rings. The number of nitrogens with one attached hydrogen (secondary N) is 2. The number of amides is 2. The third-order valence-corrected chi connectivity index (χ3v) is 2.53. The van der Waals surface area contributed by atoms with Crippen LogP contribution in [0.1, 0.15) is 23.4 Å². The summed E-state index contributed by atoms with van der Waals surface area (Å²) in [5.41, 5.74) is 1.44. The monoisotopic (exact) mass is 265 g/mol. The Kier molecular flexibility index (Phi) is 4.94. The van der Waals surface area contributed by atoms with Crippen LogP contribution in [0.3, 0.4) is 0 Å². The molecule has 3 N–H and O–H groups in total. The summed E-state index contributed by atoms with van der Waals surface area (Å²) in [6, 6.07) is -1.71. The molecule has 7 heteroatoms. The molecule has 1 aromatic heterocycles. The number of aromatic nitrogens is 1. The predicted molar refractivity (Wildman–Crippen MR) is 66.2 cm³/mol. The molecule has 0 aliphatic carbocycles. The Morgan fingerprint density at radius 3 is 2.68 bits per heavy atom. The zero-order valence-electron chi connectivity index (χ0n) is 10.7. The van der Waals surface area contributed by atoms with Crippen molar-refractivity contribution in [2.45, 2.75) is 32.9 Å². The third kappa shape index (κ3) is 4.03. The van der Waals surface area contributed by atoms with Gasteiger partial charge >= 0.3 is 12.0 Å². The van der Waals surface area contributed by atoms with Crippen LogP contribution < -0.4 is 10.6 Å². The molecule has 7 nitrogen and oxygen atoms in total. The minimum atomic E-state index is -1.18. The van der Waals surface area contributed by atoms with Crippen molar-refractivity contribution in [3.8, 4) is 12.3 Å². The largest absolute Gasteiger partial charge is 0.480 e. The first-order chi connectivity index (χ1) is 8.95. The van der Waals surface area contributed by atoms with E-state index in [1.807, 2.05) is 0 Å². The molecule has 0 bridgehead atoms. The highest BCUT2D eigenvalue weighted by molar-refractivity contribution is 5.82. The Morgan fingerprint density at radius 2 is 2.21 bits per heavy atom. The van der Waals surface area contributed by atoms with E-state index in [1.165, 1.54) is 0 Å². The third-order valence-electron chi connectivity index (χ3n) is 2.53. The van der Waals surface area contributed by atoms with Crippen molar-refractivity contribution >= 4 is 12.0 Å². The van der Waals surface area contributed by atoms with Gasteiger partial charge in [-0.25, -0.2) is 9.59 Å². The Labute approximate surface area is 110 Å². The van der Waals surface area contributed by atoms with Crippen LogP contribution in [0.2, 0.25) is 0 Å². The van der Waals surface area contributed by atoms with Crippen molar-refractivity contribution in [1.82, 2.24) is 15.8 Å². The molecule has 19 heavy (non-hydrogen) atoms. The van der Waals surface area contributed by atoms with Crippen LogP contribution in [0, 0.1) is 26.2 Å². The van der Waals surface area contributed by atoms with Gasteiger partial charge in [0.1, 0.15) is 11.8 Å². The predicted octanol–water partition coefficient (Wildman–Crippen LogP) is 0.567. The van der Waals surface area contributed by atoms with Crippen molar-refractivity contribution in [2.75, 3.05) is 0 Å². The average molecular weight is 265 g/mol. The summed E-state index contributed by atoms with van der Waals surface area (Å²) in [7, 11) is 0. The molecule has 1 rings (SSSR count). The number of terminal acetylenes is 1. The fourth-order valence-corrected chi connectivity index (χ4v) is 1.45. The minimum Gasteiger partial charge on any atom is -0.480 e. The quantitative estimate of drug-likeness (QED) is 0.675. The molecule has 0 aromatic carbocycles. The molecule has 1 unspecified atom stereocenters. The van der Waals surface area contributed by atoms with Gasteiger partial charge in [-0.2, -0.15) is 0 Å². The van der Waals surface area contributed by atoms with E-state index in [2.05, 4.69) is 21.7 Å². The summed E-state index contributed by atoms with van der Waals surface area (Å²) in [6.45, 7) is 3.69. The Balaban J connectivity index is 2.52. The maximum Gasteiger partial charge on any atom is 0.327 e.